The molecular formula is C31H36N6O4. The number of H-pyrrole nitrogens is 1. The lowest BCUT2D eigenvalue weighted by atomic mass is 10.0. The first-order valence-corrected chi connectivity index (χ1v) is 13.5. The fourth-order valence-corrected chi connectivity index (χ4v) is 5.22. The van der Waals surface area contributed by atoms with Crippen LogP contribution in [0.15, 0.2) is 54.1 Å². The highest BCUT2D eigenvalue weighted by Crippen LogP contribution is 2.32. The molecule has 2 N–H and O–H groups in total. The van der Waals surface area contributed by atoms with E-state index in [9.17, 15) is 9.59 Å². The lowest BCUT2D eigenvalue weighted by molar-refractivity contribution is 0.0639. The Balaban J connectivity index is 1.57. The lowest BCUT2D eigenvalue weighted by Gasteiger charge is -2.31. The van der Waals surface area contributed by atoms with Crippen LogP contribution in [0.2, 0.25) is 0 Å². The summed E-state index contributed by atoms with van der Waals surface area (Å²) in [7, 11) is 5.43. The van der Waals surface area contributed by atoms with Gasteiger partial charge in [-0.15, -0.1) is 0 Å². The maximum Gasteiger partial charge on any atom is 0.256 e. The molecule has 4 aromatic rings. The standard InChI is InChI=1S/C31H36N6O4/c1-19-13-27(40-6)26(31(39)34-19)17-33-30(38)25-16-24-14-23(22-7-8-32-28(15-22)35(4)5)18-37(24)29(20(25)2)21(3)36-9-11-41-12-10-36/h7-8,13-16,18H,3,9-12,17H2,1-2,4-6H3,(H,33,38)(H,34,39). The quantitative estimate of drug-likeness (QED) is 0.342. The number of hydrogen-bond acceptors (Lipinski definition) is 7. The van der Waals surface area contributed by atoms with E-state index < -0.39 is 0 Å². The van der Waals surface area contributed by atoms with E-state index in [4.69, 9.17) is 9.47 Å². The second-order valence-corrected chi connectivity index (χ2v) is 10.4. The van der Waals surface area contributed by atoms with E-state index in [1.807, 2.05) is 44.1 Å². The van der Waals surface area contributed by atoms with Gasteiger partial charge in [-0.25, -0.2) is 4.98 Å². The zero-order chi connectivity index (χ0) is 29.3. The smallest absolute Gasteiger partial charge is 0.256 e. The van der Waals surface area contributed by atoms with E-state index in [1.165, 1.54) is 7.11 Å². The van der Waals surface area contributed by atoms with Gasteiger partial charge in [-0.3, -0.25) is 9.59 Å². The first-order chi connectivity index (χ1) is 19.7. The zero-order valence-electron chi connectivity index (χ0n) is 24.2. The second-order valence-electron chi connectivity index (χ2n) is 10.4. The van der Waals surface area contributed by atoms with Crippen molar-refractivity contribution in [2.75, 3.05) is 52.4 Å². The van der Waals surface area contributed by atoms with Crippen LogP contribution in [0, 0.1) is 13.8 Å². The minimum atomic E-state index is -0.290. The SMILES string of the molecule is C=C(c1c(C)c(C(=O)NCc2c(OC)cc(C)[nH]c2=O)cc2cc(-c3ccnc(N(C)C)c3)cn12)N1CCOCC1. The Labute approximate surface area is 239 Å². The van der Waals surface area contributed by atoms with Crippen LogP contribution in [0.1, 0.15) is 32.9 Å². The first-order valence-electron chi connectivity index (χ1n) is 13.5. The summed E-state index contributed by atoms with van der Waals surface area (Å²) in [6.45, 7) is 10.9. The molecule has 214 valence electrons. The molecular weight excluding hydrogens is 520 g/mol. The molecule has 1 aliphatic heterocycles. The molecule has 4 aromatic heterocycles. The Bertz CT molecular complexity index is 1680. The molecule has 10 heteroatoms. The molecule has 0 spiro atoms. The molecule has 41 heavy (non-hydrogen) atoms. The Morgan fingerprint density at radius 3 is 2.63 bits per heavy atom. The molecule has 0 aliphatic carbocycles. The number of hydrogen-bond donors (Lipinski definition) is 2. The highest BCUT2D eigenvalue weighted by Gasteiger charge is 2.23. The molecule has 1 aliphatic rings. The highest BCUT2D eigenvalue weighted by molar-refractivity contribution is 5.98. The van der Waals surface area contributed by atoms with Gasteiger partial charge < -0.3 is 34.0 Å². The third kappa shape index (κ3) is 5.55. The number of methoxy groups -OCH3 is 1. The molecule has 1 fully saturated rings. The van der Waals surface area contributed by atoms with Crippen molar-refractivity contribution < 1.29 is 14.3 Å². The number of carbonyl (C=O) groups is 1. The molecule has 0 radical (unpaired) electrons. The van der Waals surface area contributed by atoms with Crippen LogP contribution in [0.5, 0.6) is 5.75 Å². The van der Waals surface area contributed by atoms with Crippen molar-refractivity contribution in [3.05, 3.63) is 87.7 Å². The summed E-state index contributed by atoms with van der Waals surface area (Å²) in [6.07, 6.45) is 3.88. The van der Waals surface area contributed by atoms with Gasteiger partial charge in [-0.05, 0) is 55.3 Å². The Hall–Kier alpha value is -4.57. The average molecular weight is 557 g/mol. The Kier molecular flexibility index (Phi) is 7.85. The number of rotatable bonds is 8. The van der Waals surface area contributed by atoms with Crippen molar-refractivity contribution >= 4 is 22.9 Å². The second kappa shape index (κ2) is 11.5. The molecule has 5 heterocycles. The summed E-state index contributed by atoms with van der Waals surface area (Å²) in [6, 6.07) is 9.71. The molecule has 0 bridgehead atoms. The van der Waals surface area contributed by atoms with Crippen molar-refractivity contribution in [2.24, 2.45) is 0 Å². The van der Waals surface area contributed by atoms with Crippen LogP contribution in [-0.4, -0.2) is 72.7 Å². The summed E-state index contributed by atoms with van der Waals surface area (Å²) >= 11 is 0. The predicted octanol–water partition coefficient (Wildman–Crippen LogP) is 3.61. The van der Waals surface area contributed by atoms with Crippen molar-refractivity contribution in [1.29, 1.82) is 0 Å². The molecule has 0 aromatic carbocycles. The average Bonchev–Trinajstić information content (AvgIpc) is 3.40. The Morgan fingerprint density at radius 2 is 1.93 bits per heavy atom. The van der Waals surface area contributed by atoms with Crippen LogP contribution in [0.4, 0.5) is 5.82 Å². The summed E-state index contributed by atoms with van der Waals surface area (Å²) in [5, 5.41) is 2.93. The minimum Gasteiger partial charge on any atom is -0.496 e. The number of morpholine rings is 1. The third-order valence-electron chi connectivity index (χ3n) is 7.47. The van der Waals surface area contributed by atoms with E-state index in [-0.39, 0.29) is 18.0 Å². The van der Waals surface area contributed by atoms with Gasteiger partial charge in [0.15, 0.2) is 0 Å². The van der Waals surface area contributed by atoms with Gasteiger partial charge in [0.05, 0.1) is 43.8 Å². The van der Waals surface area contributed by atoms with Crippen LogP contribution < -0.4 is 20.5 Å². The highest BCUT2D eigenvalue weighted by atomic mass is 16.5. The predicted molar refractivity (Wildman–Crippen MR) is 161 cm³/mol. The van der Waals surface area contributed by atoms with Crippen LogP contribution in [0.3, 0.4) is 0 Å². The molecule has 0 unspecified atom stereocenters. The number of amides is 1. The van der Waals surface area contributed by atoms with E-state index in [0.29, 0.717) is 35.8 Å². The normalized spacial score (nSPS) is 13.3. The maximum absolute atomic E-state index is 13.7. The largest absolute Gasteiger partial charge is 0.496 e. The van der Waals surface area contributed by atoms with Gasteiger partial charge in [0.1, 0.15) is 11.6 Å². The fraction of sp³-hybridized carbons (Fsp3) is 0.323. The summed E-state index contributed by atoms with van der Waals surface area (Å²) in [5.41, 5.74) is 6.62. The number of aromatic nitrogens is 3. The van der Waals surface area contributed by atoms with E-state index in [2.05, 4.69) is 43.4 Å². The number of pyridine rings is 3. The van der Waals surface area contributed by atoms with E-state index >= 15 is 0 Å². The molecule has 0 saturated carbocycles. The lowest BCUT2D eigenvalue weighted by Crippen LogP contribution is -2.35. The van der Waals surface area contributed by atoms with Gasteiger partial charge in [0, 0.05) is 61.9 Å². The van der Waals surface area contributed by atoms with E-state index in [0.717, 1.165) is 52.5 Å². The van der Waals surface area contributed by atoms with Gasteiger partial charge >= 0.3 is 0 Å². The van der Waals surface area contributed by atoms with Crippen LogP contribution in [0.25, 0.3) is 22.3 Å². The van der Waals surface area contributed by atoms with Gasteiger partial charge in [-0.1, -0.05) is 6.58 Å². The maximum atomic E-state index is 13.7. The van der Waals surface area contributed by atoms with Gasteiger partial charge in [-0.2, -0.15) is 0 Å². The van der Waals surface area contributed by atoms with Crippen molar-refractivity contribution in [1.82, 2.24) is 24.6 Å². The molecule has 1 saturated heterocycles. The monoisotopic (exact) mass is 556 g/mol. The minimum absolute atomic E-state index is 0.0264. The van der Waals surface area contributed by atoms with Crippen LogP contribution >= 0.6 is 0 Å². The van der Waals surface area contributed by atoms with Gasteiger partial charge in [0.2, 0.25) is 0 Å². The number of carbonyl (C=O) groups excluding carboxylic acids is 1. The zero-order valence-corrected chi connectivity index (χ0v) is 24.2. The topological polar surface area (TPSA) is 104 Å². The van der Waals surface area contributed by atoms with Crippen molar-refractivity contribution in [3.63, 3.8) is 0 Å². The molecule has 0 atom stereocenters. The number of ether oxygens (including phenoxy) is 2. The third-order valence-corrected chi connectivity index (χ3v) is 7.47. The number of aryl methyl sites for hydroxylation is 1. The number of anilines is 1. The number of aromatic amines is 1. The first kappa shape index (κ1) is 28.0. The summed E-state index contributed by atoms with van der Waals surface area (Å²) < 4.78 is 13.1. The van der Waals surface area contributed by atoms with Crippen LogP contribution in [-0.2, 0) is 11.3 Å². The molecule has 10 nitrogen and oxygen atoms in total. The Morgan fingerprint density at radius 1 is 1.17 bits per heavy atom. The number of fused-ring (bicyclic) bond motifs is 1. The van der Waals surface area contributed by atoms with E-state index in [1.54, 1.807) is 19.2 Å². The summed E-state index contributed by atoms with van der Waals surface area (Å²) in [5.74, 6) is 1.00. The van der Waals surface area contributed by atoms with Crippen molar-refractivity contribution in [3.8, 4) is 16.9 Å². The fourth-order valence-electron chi connectivity index (χ4n) is 5.22. The molecule has 5 rings (SSSR count). The number of nitrogens with zero attached hydrogens (tertiary/aromatic N) is 4. The number of nitrogens with one attached hydrogen (secondary N) is 2. The summed E-state index contributed by atoms with van der Waals surface area (Å²) in [4.78, 5) is 37.6. The molecule has 1 amide bonds. The van der Waals surface area contributed by atoms with Gasteiger partial charge in [0.25, 0.3) is 11.5 Å². The van der Waals surface area contributed by atoms with Crippen molar-refractivity contribution in [2.45, 2.75) is 20.4 Å².